The van der Waals surface area contributed by atoms with Crippen molar-refractivity contribution in [3.8, 4) is 0 Å². The van der Waals surface area contributed by atoms with Gasteiger partial charge in [0.2, 0.25) is 0 Å². The van der Waals surface area contributed by atoms with E-state index in [0.29, 0.717) is 25.7 Å². The Hall–Kier alpha value is -1.94. The van der Waals surface area contributed by atoms with Gasteiger partial charge in [-0.2, -0.15) is 0 Å². The van der Waals surface area contributed by atoms with E-state index in [-0.39, 0.29) is 25.7 Å². The number of carbonyl (C=O) groups excluding carboxylic acids is 4. The third kappa shape index (κ3) is 65.1. The summed E-state index contributed by atoms with van der Waals surface area (Å²) >= 11 is 0. The molecule has 0 saturated heterocycles. The number of carbonyl (C=O) groups is 4. The molecule has 0 aromatic carbocycles. The first-order valence-electron chi connectivity index (χ1n) is 37.4. The number of phosphoric ester groups is 2. The summed E-state index contributed by atoms with van der Waals surface area (Å²) < 4.78 is 68.3. The van der Waals surface area contributed by atoms with Crippen molar-refractivity contribution in [2.24, 2.45) is 17.8 Å². The van der Waals surface area contributed by atoms with Gasteiger partial charge in [-0.25, -0.2) is 9.13 Å². The van der Waals surface area contributed by atoms with Gasteiger partial charge in [-0.15, -0.1) is 0 Å². The van der Waals surface area contributed by atoms with Gasteiger partial charge in [-0.05, 0) is 43.4 Å². The van der Waals surface area contributed by atoms with E-state index in [1.54, 1.807) is 0 Å². The summed E-state index contributed by atoms with van der Waals surface area (Å²) in [6, 6.07) is 0. The number of unbranched alkanes of at least 4 members (excludes halogenated alkanes) is 37. The molecule has 19 heteroatoms. The highest BCUT2D eigenvalue weighted by molar-refractivity contribution is 7.47. The number of aliphatic hydroxyl groups excluding tert-OH is 1. The molecule has 0 aliphatic heterocycles. The van der Waals surface area contributed by atoms with E-state index in [0.717, 1.165) is 114 Å². The Bertz CT molecular complexity index is 1790. The molecule has 0 radical (unpaired) electrons. The maximum atomic E-state index is 13.0. The molecule has 3 N–H and O–H groups in total. The summed E-state index contributed by atoms with van der Waals surface area (Å²) in [6.45, 7) is 11.9. The second-order valence-electron chi connectivity index (χ2n) is 27.2. The van der Waals surface area contributed by atoms with Crippen molar-refractivity contribution in [1.29, 1.82) is 0 Å². The molecule has 91 heavy (non-hydrogen) atoms. The van der Waals surface area contributed by atoms with Gasteiger partial charge in [0.25, 0.3) is 0 Å². The first-order valence-corrected chi connectivity index (χ1v) is 40.4. The van der Waals surface area contributed by atoms with Gasteiger partial charge in [-0.1, -0.05) is 312 Å². The molecule has 0 spiro atoms. The number of hydrogen-bond donors (Lipinski definition) is 3. The Morgan fingerprint density at radius 1 is 0.319 bits per heavy atom. The average molecular weight is 1340 g/mol. The highest BCUT2D eigenvalue weighted by Crippen LogP contribution is 2.45. The number of esters is 4. The normalized spacial score (nSPS) is 14.5. The van der Waals surface area contributed by atoms with Crippen LogP contribution in [0.25, 0.3) is 0 Å². The van der Waals surface area contributed by atoms with E-state index in [2.05, 4.69) is 48.5 Å². The molecule has 6 atom stereocenters. The molecule has 540 valence electrons. The van der Waals surface area contributed by atoms with Crippen molar-refractivity contribution in [3.05, 3.63) is 0 Å². The highest BCUT2D eigenvalue weighted by atomic mass is 31.2. The molecule has 0 aliphatic carbocycles. The van der Waals surface area contributed by atoms with Crippen LogP contribution in [0.15, 0.2) is 0 Å². The summed E-state index contributed by atoms with van der Waals surface area (Å²) in [5.74, 6) is 0.208. The van der Waals surface area contributed by atoms with Gasteiger partial charge in [0.15, 0.2) is 12.2 Å². The third-order valence-corrected chi connectivity index (χ3v) is 18.9. The van der Waals surface area contributed by atoms with Crippen molar-refractivity contribution in [2.45, 2.75) is 381 Å². The van der Waals surface area contributed by atoms with E-state index in [1.165, 1.54) is 167 Å². The lowest BCUT2D eigenvalue weighted by atomic mass is 9.99. The Labute approximate surface area is 556 Å². The van der Waals surface area contributed by atoms with Crippen LogP contribution in [0.5, 0.6) is 0 Å². The van der Waals surface area contributed by atoms with Crippen molar-refractivity contribution in [1.82, 2.24) is 0 Å². The average Bonchev–Trinajstić information content (AvgIpc) is 3.67. The van der Waals surface area contributed by atoms with Crippen molar-refractivity contribution >= 4 is 39.5 Å². The van der Waals surface area contributed by atoms with Crippen LogP contribution < -0.4 is 0 Å². The SMILES string of the molecule is CCCCCCCCCCC(=O)OC[C@H](COP(=O)(O)OC[C@H](O)COP(=O)(O)OC[C@@H](COC(=O)CCCCCCCCCCCCCC(C)C)OC(=O)CCCCCCCCCCCCCCCCC(C)CC)OC(=O)CCCCCCCCCCC(C)C. The topological polar surface area (TPSA) is 237 Å². The lowest BCUT2D eigenvalue weighted by Gasteiger charge is -2.21. The van der Waals surface area contributed by atoms with Crippen LogP contribution in [-0.2, 0) is 65.4 Å². The smallest absolute Gasteiger partial charge is 0.462 e. The molecule has 0 fully saturated rings. The molecular formula is C72H140O17P2. The molecule has 0 saturated carbocycles. The highest BCUT2D eigenvalue weighted by Gasteiger charge is 2.30. The lowest BCUT2D eigenvalue weighted by Crippen LogP contribution is -2.30. The maximum absolute atomic E-state index is 13.0. The summed E-state index contributed by atoms with van der Waals surface area (Å²) in [7, 11) is -9.90. The zero-order valence-corrected chi connectivity index (χ0v) is 61.1. The van der Waals surface area contributed by atoms with Crippen LogP contribution in [0, 0.1) is 17.8 Å². The van der Waals surface area contributed by atoms with Crippen LogP contribution in [0.1, 0.15) is 363 Å². The fraction of sp³-hybridized carbons (Fsp3) is 0.944. The third-order valence-electron chi connectivity index (χ3n) is 17.0. The number of rotatable bonds is 70. The molecule has 0 bridgehead atoms. The number of ether oxygens (including phenoxy) is 4. The summed E-state index contributed by atoms with van der Waals surface area (Å²) in [5, 5.41) is 10.6. The maximum Gasteiger partial charge on any atom is 0.472 e. The van der Waals surface area contributed by atoms with Crippen molar-refractivity contribution in [3.63, 3.8) is 0 Å². The summed E-state index contributed by atoms with van der Waals surface area (Å²) in [6.07, 6.45) is 47.2. The van der Waals surface area contributed by atoms with Gasteiger partial charge < -0.3 is 33.8 Å². The molecule has 17 nitrogen and oxygen atoms in total. The minimum Gasteiger partial charge on any atom is -0.462 e. The Morgan fingerprint density at radius 2 is 0.560 bits per heavy atom. The zero-order chi connectivity index (χ0) is 67.3. The largest absolute Gasteiger partial charge is 0.472 e. The second-order valence-corrected chi connectivity index (χ2v) is 30.1. The van der Waals surface area contributed by atoms with Crippen molar-refractivity contribution in [2.75, 3.05) is 39.6 Å². The number of aliphatic hydroxyl groups is 1. The first-order chi connectivity index (χ1) is 43.8. The fourth-order valence-electron chi connectivity index (χ4n) is 10.9. The van der Waals surface area contributed by atoms with E-state index in [9.17, 15) is 43.2 Å². The monoisotopic (exact) mass is 1340 g/mol. The van der Waals surface area contributed by atoms with Crippen LogP contribution in [0.2, 0.25) is 0 Å². The molecule has 3 unspecified atom stereocenters. The van der Waals surface area contributed by atoms with Crippen molar-refractivity contribution < 1.29 is 80.2 Å². The van der Waals surface area contributed by atoms with Gasteiger partial charge in [0.05, 0.1) is 26.4 Å². The lowest BCUT2D eigenvalue weighted by molar-refractivity contribution is -0.161. The Balaban J connectivity index is 5.22. The zero-order valence-electron chi connectivity index (χ0n) is 59.3. The quantitative estimate of drug-likeness (QED) is 0.0222. The molecular weight excluding hydrogens is 1200 g/mol. The fourth-order valence-corrected chi connectivity index (χ4v) is 12.4. The van der Waals surface area contributed by atoms with E-state index in [1.807, 2.05) is 0 Å². The van der Waals surface area contributed by atoms with E-state index < -0.39 is 97.5 Å². The molecule has 0 rings (SSSR count). The standard InChI is InChI=1S/C72H140O17P2/c1-8-10-11-12-13-32-39-46-53-69(74)82-59-67(89-72(77)56-49-42-35-28-27-30-37-44-51-64(5)6)61-86-90(78,79)84-57-66(73)58-85-91(80,81)87-62-68(60-83-70(75)54-47-40-33-25-22-18-19-23-29-36-43-50-63(3)4)88-71(76)55-48-41-34-26-21-17-15-14-16-20-24-31-38-45-52-65(7)9-2/h63-68,73H,8-62H2,1-7H3,(H,78,79)(H,80,81)/t65?,66-,67+,68+/m0/s1. The van der Waals surface area contributed by atoms with Crippen LogP contribution in [0.4, 0.5) is 0 Å². The van der Waals surface area contributed by atoms with Crippen LogP contribution >= 0.6 is 15.6 Å². The second kappa shape index (κ2) is 62.8. The van der Waals surface area contributed by atoms with E-state index >= 15 is 0 Å². The minimum atomic E-state index is -4.95. The predicted octanol–water partition coefficient (Wildman–Crippen LogP) is 20.6. The summed E-state index contributed by atoms with van der Waals surface area (Å²) in [5.41, 5.74) is 0. The minimum absolute atomic E-state index is 0.104. The Kier molecular flexibility index (Phi) is 61.5. The van der Waals surface area contributed by atoms with Gasteiger partial charge in [0.1, 0.15) is 19.3 Å². The van der Waals surface area contributed by atoms with E-state index in [4.69, 9.17) is 37.0 Å². The molecule has 0 heterocycles. The Morgan fingerprint density at radius 3 is 0.835 bits per heavy atom. The number of hydrogen-bond acceptors (Lipinski definition) is 15. The van der Waals surface area contributed by atoms with Crippen LogP contribution in [-0.4, -0.2) is 96.7 Å². The molecule has 0 aromatic rings. The number of phosphoric acid groups is 2. The van der Waals surface area contributed by atoms with Crippen LogP contribution in [0.3, 0.4) is 0 Å². The van der Waals surface area contributed by atoms with Gasteiger partial charge in [0, 0.05) is 25.7 Å². The molecule has 0 amide bonds. The molecule has 0 aliphatic rings. The van der Waals surface area contributed by atoms with Gasteiger partial charge in [-0.3, -0.25) is 37.3 Å². The predicted molar refractivity (Wildman–Crippen MR) is 368 cm³/mol. The first kappa shape index (κ1) is 89.1. The van der Waals surface area contributed by atoms with Gasteiger partial charge >= 0.3 is 39.5 Å². The summed E-state index contributed by atoms with van der Waals surface area (Å²) in [4.78, 5) is 72.5. The molecule has 0 aromatic heterocycles.